The van der Waals surface area contributed by atoms with E-state index in [4.69, 9.17) is 11.6 Å². The second-order valence-corrected chi connectivity index (χ2v) is 5.79. The fraction of sp³-hybridized carbons (Fsp3) is 0.214. The molecule has 110 valence electrons. The minimum Gasteiger partial charge on any atom is -0.354 e. The number of carbonyl (C=O) groups is 1. The fourth-order valence-electron chi connectivity index (χ4n) is 1.61. The van der Waals surface area contributed by atoms with Crippen LogP contribution in [0.4, 0.5) is 0 Å². The van der Waals surface area contributed by atoms with Crippen LogP contribution in [-0.2, 0) is 11.3 Å². The van der Waals surface area contributed by atoms with Crippen LogP contribution in [0.25, 0.3) is 0 Å². The smallest absolute Gasteiger partial charge is 0.347 e. The highest BCUT2D eigenvalue weighted by molar-refractivity contribution is 7.99. The van der Waals surface area contributed by atoms with Crippen LogP contribution in [0.5, 0.6) is 0 Å². The van der Waals surface area contributed by atoms with E-state index in [1.807, 2.05) is 24.3 Å². The van der Waals surface area contributed by atoms with Crippen molar-refractivity contribution in [2.24, 2.45) is 0 Å². The Morgan fingerprint density at radius 1 is 1.33 bits per heavy atom. The first-order chi connectivity index (χ1) is 10.1. The van der Waals surface area contributed by atoms with Crippen molar-refractivity contribution in [2.75, 3.05) is 12.3 Å². The van der Waals surface area contributed by atoms with Gasteiger partial charge in [-0.2, -0.15) is 0 Å². The van der Waals surface area contributed by atoms with Crippen LogP contribution in [0, 0.1) is 0 Å². The maximum Gasteiger partial charge on any atom is 0.347 e. The van der Waals surface area contributed by atoms with Gasteiger partial charge in [0.1, 0.15) is 6.54 Å². The van der Waals surface area contributed by atoms with Crippen molar-refractivity contribution < 1.29 is 4.79 Å². The number of aromatic nitrogens is 2. The van der Waals surface area contributed by atoms with Crippen molar-refractivity contribution >= 4 is 29.3 Å². The van der Waals surface area contributed by atoms with Gasteiger partial charge in [0.15, 0.2) is 0 Å². The Hall–Kier alpha value is -1.79. The Balaban J connectivity index is 1.71. The van der Waals surface area contributed by atoms with Crippen LogP contribution in [0.2, 0.25) is 5.02 Å². The van der Waals surface area contributed by atoms with Crippen LogP contribution in [0.3, 0.4) is 0 Å². The van der Waals surface area contributed by atoms with Gasteiger partial charge in [0.05, 0.1) is 0 Å². The number of rotatable bonds is 6. The normalized spacial score (nSPS) is 10.3. The first kappa shape index (κ1) is 15.6. The van der Waals surface area contributed by atoms with Gasteiger partial charge in [-0.3, -0.25) is 9.36 Å². The van der Waals surface area contributed by atoms with E-state index in [2.05, 4.69) is 10.3 Å². The molecular weight excluding hydrogens is 310 g/mol. The summed E-state index contributed by atoms with van der Waals surface area (Å²) >= 11 is 7.43. The lowest BCUT2D eigenvalue weighted by Crippen LogP contribution is -2.33. The van der Waals surface area contributed by atoms with Gasteiger partial charge in [-0.15, -0.1) is 11.8 Å². The van der Waals surface area contributed by atoms with Crippen molar-refractivity contribution in [3.8, 4) is 0 Å². The van der Waals surface area contributed by atoms with Crippen molar-refractivity contribution in [1.82, 2.24) is 14.9 Å². The molecule has 0 aliphatic heterocycles. The molecule has 0 saturated heterocycles. The maximum atomic E-state index is 11.7. The molecule has 1 N–H and O–H groups in total. The zero-order valence-electron chi connectivity index (χ0n) is 11.2. The quantitative estimate of drug-likeness (QED) is 0.650. The zero-order chi connectivity index (χ0) is 15.1. The van der Waals surface area contributed by atoms with E-state index in [1.54, 1.807) is 17.8 Å². The number of halogens is 1. The van der Waals surface area contributed by atoms with Crippen molar-refractivity contribution in [2.45, 2.75) is 11.4 Å². The summed E-state index contributed by atoms with van der Waals surface area (Å²) in [6, 6.07) is 9.15. The van der Waals surface area contributed by atoms with Crippen LogP contribution in [0.1, 0.15) is 0 Å². The van der Waals surface area contributed by atoms with E-state index in [9.17, 15) is 9.59 Å². The summed E-state index contributed by atoms with van der Waals surface area (Å²) in [6.45, 7) is 0.513. The van der Waals surface area contributed by atoms with E-state index >= 15 is 0 Å². The lowest BCUT2D eigenvalue weighted by molar-refractivity contribution is -0.121. The van der Waals surface area contributed by atoms with E-state index in [0.29, 0.717) is 11.6 Å². The molecule has 0 spiro atoms. The van der Waals surface area contributed by atoms with Gasteiger partial charge in [-0.05, 0) is 30.3 Å². The summed E-state index contributed by atoms with van der Waals surface area (Å²) < 4.78 is 1.27. The Bertz CT molecular complexity index is 658. The second kappa shape index (κ2) is 7.85. The van der Waals surface area contributed by atoms with Gasteiger partial charge in [-0.25, -0.2) is 9.78 Å². The van der Waals surface area contributed by atoms with Gasteiger partial charge < -0.3 is 5.32 Å². The number of benzene rings is 1. The van der Waals surface area contributed by atoms with Gasteiger partial charge in [0.2, 0.25) is 5.91 Å². The summed E-state index contributed by atoms with van der Waals surface area (Å²) in [5, 5.41) is 3.47. The zero-order valence-corrected chi connectivity index (χ0v) is 12.7. The standard InChI is InChI=1S/C14H14ClN3O2S/c15-11-2-4-12(5-3-11)21-9-7-16-13(19)10-18-8-1-6-17-14(18)20/h1-6,8H,7,9-10H2,(H,16,19). The van der Waals surface area contributed by atoms with Gasteiger partial charge in [-0.1, -0.05) is 11.6 Å². The molecule has 7 heteroatoms. The Morgan fingerprint density at radius 2 is 2.10 bits per heavy atom. The third-order valence-corrected chi connectivity index (χ3v) is 3.87. The highest BCUT2D eigenvalue weighted by Crippen LogP contribution is 2.19. The first-order valence-corrected chi connectivity index (χ1v) is 7.68. The predicted molar refractivity (Wildman–Crippen MR) is 83.7 cm³/mol. The number of thioether (sulfide) groups is 1. The minimum atomic E-state index is -0.428. The highest BCUT2D eigenvalue weighted by atomic mass is 35.5. The molecule has 5 nitrogen and oxygen atoms in total. The van der Waals surface area contributed by atoms with Crippen molar-refractivity contribution in [3.05, 3.63) is 58.2 Å². The molecule has 2 aromatic rings. The summed E-state index contributed by atoms with van der Waals surface area (Å²) in [4.78, 5) is 27.7. The van der Waals surface area contributed by atoms with E-state index in [1.165, 1.54) is 17.0 Å². The molecule has 1 aromatic carbocycles. The molecule has 0 fully saturated rings. The largest absolute Gasteiger partial charge is 0.354 e. The molecule has 1 heterocycles. The van der Waals surface area contributed by atoms with E-state index in [0.717, 1.165) is 10.6 Å². The maximum absolute atomic E-state index is 11.7. The average molecular weight is 324 g/mol. The number of hydrogen-bond acceptors (Lipinski definition) is 4. The van der Waals surface area contributed by atoms with E-state index in [-0.39, 0.29) is 12.5 Å². The molecule has 0 unspecified atom stereocenters. The number of hydrogen-bond donors (Lipinski definition) is 1. The average Bonchev–Trinajstić information content (AvgIpc) is 2.48. The van der Waals surface area contributed by atoms with E-state index < -0.39 is 5.69 Å². The molecule has 0 radical (unpaired) electrons. The lowest BCUT2D eigenvalue weighted by Gasteiger charge is -2.06. The summed E-state index contributed by atoms with van der Waals surface area (Å²) in [5.74, 6) is 0.539. The fourth-order valence-corrected chi connectivity index (χ4v) is 2.50. The Labute approximate surface area is 131 Å². The summed E-state index contributed by atoms with van der Waals surface area (Å²) in [5.41, 5.74) is -0.428. The molecule has 0 bridgehead atoms. The Morgan fingerprint density at radius 3 is 2.81 bits per heavy atom. The number of amides is 1. The SMILES string of the molecule is O=C(Cn1cccnc1=O)NCCSc1ccc(Cl)cc1. The molecule has 1 aromatic heterocycles. The Kier molecular flexibility index (Phi) is 5.83. The topological polar surface area (TPSA) is 64.0 Å². The van der Waals surface area contributed by atoms with Crippen LogP contribution in [0.15, 0.2) is 52.4 Å². The predicted octanol–water partition coefficient (Wildman–Crippen LogP) is 1.81. The number of nitrogens with zero attached hydrogens (tertiary/aromatic N) is 2. The van der Waals surface area contributed by atoms with Crippen molar-refractivity contribution in [1.29, 1.82) is 0 Å². The molecule has 0 saturated carbocycles. The lowest BCUT2D eigenvalue weighted by atomic mass is 10.4. The van der Waals surface area contributed by atoms with Crippen LogP contribution >= 0.6 is 23.4 Å². The third-order valence-electron chi connectivity index (χ3n) is 2.60. The van der Waals surface area contributed by atoms with Gasteiger partial charge >= 0.3 is 5.69 Å². The number of carbonyl (C=O) groups excluding carboxylic acids is 1. The molecule has 0 aliphatic carbocycles. The van der Waals surface area contributed by atoms with Crippen molar-refractivity contribution in [3.63, 3.8) is 0 Å². The molecule has 1 amide bonds. The monoisotopic (exact) mass is 323 g/mol. The van der Waals surface area contributed by atoms with Gasteiger partial charge in [0, 0.05) is 34.6 Å². The molecule has 21 heavy (non-hydrogen) atoms. The molecule has 0 atom stereocenters. The van der Waals surface area contributed by atoms with Gasteiger partial charge in [0.25, 0.3) is 0 Å². The number of nitrogens with one attached hydrogen (secondary N) is 1. The molecule has 0 aliphatic rings. The third kappa shape index (κ3) is 5.24. The first-order valence-electron chi connectivity index (χ1n) is 6.32. The van der Waals surface area contributed by atoms with Crippen LogP contribution in [-0.4, -0.2) is 27.8 Å². The molecular formula is C14H14ClN3O2S. The second-order valence-electron chi connectivity index (χ2n) is 4.18. The highest BCUT2D eigenvalue weighted by Gasteiger charge is 2.03. The van der Waals surface area contributed by atoms with Crippen LogP contribution < -0.4 is 11.0 Å². The minimum absolute atomic E-state index is 0.0156. The molecule has 2 rings (SSSR count). The summed E-state index contributed by atoms with van der Waals surface area (Å²) in [6.07, 6.45) is 2.94. The summed E-state index contributed by atoms with van der Waals surface area (Å²) in [7, 11) is 0.